The number of carbonyl (C=O) groups is 1. The van der Waals surface area contributed by atoms with Gasteiger partial charge in [0.25, 0.3) is 0 Å². The van der Waals surface area contributed by atoms with E-state index in [1.807, 2.05) is 19.1 Å². The van der Waals surface area contributed by atoms with Crippen LogP contribution in [0.1, 0.15) is 62.1 Å². The summed E-state index contributed by atoms with van der Waals surface area (Å²) in [6.45, 7) is 7.10. The largest absolute Gasteiger partial charge is 0.352 e. The predicted octanol–water partition coefficient (Wildman–Crippen LogP) is 3.12. The molecule has 1 aliphatic carbocycles. The summed E-state index contributed by atoms with van der Waals surface area (Å²) in [5.41, 5.74) is 2.41. The number of benzene rings is 1. The zero-order valence-electron chi connectivity index (χ0n) is 15.7. The summed E-state index contributed by atoms with van der Waals surface area (Å²) in [6.07, 6.45) is 6.60. The maximum atomic E-state index is 12.8. The molecular weight excluding hydrogens is 336 g/mol. The van der Waals surface area contributed by atoms with E-state index in [9.17, 15) is 13.2 Å². The minimum atomic E-state index is -3.74. The van der Waals surface area contributed by atoms with Gasteiger partial charge in [-0.1, -0.05) is 43.4 Å². The monoisotopic (exact) mass is 366 g/mol. The summed E-state index contributed by atoms with van der Waals surface area (Å²) >= 11 is 0. The normalized spacial score (nSPS) is 17.8. The van der Waals surface area contributed by atoms with Gasteiger partial charge < -0.3 is 5.32 Å². The molecule has 1 aromatic rings. The quantitative estimate of drug-likeness (QED) is 0.786. The second-order valence-corrected chi connectivity index (χ2v) is 8.92. The van der Waals surface area contributed by atoms with Gasteiger partial charge in [0, 0.05) is 6.04 Å². The number of nitrogens with one attached hydrogen (secondary N) is 2. The zero-order valence-corrected chi connectivity index (χ0v) is 16.5. The number of carbonyl (C=O) groups excluding carboxylic acids is 1. The van der Waals surface area contributed by atoms with E-state index in [-0.39, 0.29) is 16.8 Å². The average molecular weight is 367 g/mol. The molecule has 1 unspecified atom stereocenters. The van der Waals surface area contributed by atoms with Crippen molar-refractivity contribution in [3.05, 3.63) is 28.8 Å². The molecular formula is C19H30N2O3S. The summed E-state index contributed by atoms with van der Waals surface area (Å²) in [5.74, 6) is -0.252. The lowest BCUT2D eigenvalue weighted by Crippen LogP contribution is -2.48. The molecule has 6 heteroatoms. The van der Waals surface area contributed by atoms with Crippen LogP contribution >= 0.6 is 0 Å². The molecule has 0 bridgehead atoms. The van der Waals surface area contributed by atoms with Crippen LogP contribution in [-0.2, 0) is 14.8 Å². The number of sulfonamides is 1. The molecule has 1 aliphatic rings. The van der Waals surface area contributed by atoms with Gasteiger partial charge in [-0.2, -0.15) is 4.72 Å². The third-order valence-electron chi connectivity index (χ3n) is 4.80. The Bertz CT molecular complexity index is 697. The number of rotatable bonds is 5. The lowest BCUT2D eigenvalue weighted by atomic mass is 10.1. The highest BCUT2D eigenvalue weighted by molar-refractivity contribution is 7.89. The van der Waals surface area contributed by atoms with Crippen LogP contribution in [0.3, 0.4) is 0 Å². The molecule has 0 saturated heterocycles. The van der Waals surface area contributed by atoms with Crippen molar-refractivity contribution >= 4 is 15.9 Å². The van der Waals surface area contributed by atoms with E-state index in [4.69, 9.17) is 0 Å². The minimum Gasteiger partial charge on any atom is -0.352 e. The van der Waals surface area contributed by atoms with E-state index in [0.29, 0.717) is 11.1 Å². The minimum absolute atomic E-state index is 0.157. The van der Waals surface area contributed by atoms with Gasteiger partial charge in [-0.05, 0) is 51.7 Å². The third-order valence-corrected chi connectivity index (χ3v) is 6.65. The molecule has 0 aromatic heterocycles. The van der Waals surface area contributed by atoms with E-state index < -0.39 is 16.1 Å². The van der Waals surface area contributed by atoms with Crippen LogP contribution in [0.2, 0.25) is 0 Å². The van der Waals surface area contributed by atoms with Crippen LogP contribution in [0, 0.1) is 20.8 Å². The summed E-state index contributed by atoms with van der Waals surface area (Å²) in [7, 11) is -3.74. The second kappa shape index (κ2) is 8.32. The number of aryl methyl sites for hydroxylation is 3. The van der Waals surface area contributed by atoms with E-state index in [2.05, 4.69) is 10.0 Å². The molecule has 1 aromatic carbocycles. The summed E-state index contributed by atoms with van der Waals surface area (Å²) in [6, 6.07) is 3.05. The molecule has 0 radical (unpaired) electrons. The number of hydrogen-bond acceptors (Lipinski definition) is 3. The van der Waals surface area contributed by atoms with Crippen molar-refractivity contribution in [1.29, 1.82) is 0 Å². The van der Waals surface area contributed by atoms with Crippen LogP contribution < -0.4 is 10.0 Å². The highest BCUT2D eigenvalue weighted by Crippen LogP contribution is 2.22. The first-order valence-corrected chi connectivity index (χ1v) is 10.6. The van der Waals surface area contributed by atoms with Gasteiger partial charge >= 0.3 is 0 Å². The molecule has 2 rings (SSSR count). The summed E-state index contributed by atoms with van der Waals surface area (Å²) in [5, 5.41) is 3.01. The number of hydrogen-bond donors (Lipinski definition) is 2. The molecule has 0 aliphatic heterocycles. The topological polar surface area (TPSA) is 75.3 Å². The molecule has 25 heavy (non-hydrogen) atoms. The Morgan fingerprint density at radius 2 is 1.56 bits per heavy atom. The predicted molar refractivity (Wildman–Crippen MR) is 100 cm³/mol. The summed E-state index contributed by atoms with van der Waals surface area (Å²) < 4.78 is 28.1. The first-order chi connectivity index (χ1) is 11.7. The molecule has 2 N–H and O–H groups in total. The van der Waals surface area contributed by atoms with E-state index in [1.165, 1.54) is 12.8 Å². The van der Waals surface area contributed by atoms with E-state index in [0.717, 1.165) is 31.2 Å². The Morgan fingerprint density at radius 1 is 1.04 bits per heavy atom. The summed E-state index contributed by atoms with van der Waals surface area (Å²) in [4.78, 5) is 12.7. The number of amides is 1. The Hall–Kier alpha value is -1.40. The fraction of sp³-hybridized carbons (Fsp3) is 0.632. The lowest BCUT2D eigenvalue weighted by molar-refractivity contribution is -0.123. The highest BCUT2D eigenvalue weighted by Gasteiger charge is 2.26. The van der Waals surface area contributed by atoms with E-state index in [1.54, 1.807) is 20.8 Å². The maximum absolute atomic E-state index is 12.8. The van der Waals surface area contributed by atoms with Crippen LogP contribution in [-0.4, -0.2) is 26.4 Å². The molecule has 1 atom stereocenters. The Balaban J connectivity index is 2.08. The van der Waals surface area contributed by atoms with Crippen LogP contribution in [0.5, 0.6) is 0 Å². The molecule has 1 amide bonds. The van der Waals surface area contributed by atoms with Gasteiger partial charge in [-0.25, -0.2) is 8.42 Å². The van der Waals surface area contributed by atoms with Crippen molar-refractivity contribution in [2.45, 2.75) is 83.2 Å². The first kappa shape index (κ1) is 19.9. The molecule has 140 valence electrons. The SMILES string of the molecule is Cc1cc(C)c(S(=O)(=O)NC(C)C(=O)NC2CCCCCC2)c(C)c1. The first-order valence-electron chi connectivity index (χ1n) is 9.11. The van der Waals surface area contributed by atoms with Gasteiger partial charge in [0.2, 0.25) is 15.9 Å². The smallest absolute Gasteiger partial charge is 0.241 e. The molecule has 0 heterocycles. The van der Waals surface area contributed by atoms with Crippen LogP contribution in [0.4, 0.5) is 0 Å². The average Bonchev–Trinajstić information content (AvgIpc) is 2.73. The maximum Gasteiger partial charge on any atom is 0.241 e. The van der Waals surface area contributed by atoms with Crippen molar-refractivity contribution in [1.82, 2.24) is 10.0 Å². The lowest BCUT2D eigenvalue weighted by Gasteiger charge is -2.21. The van der Waals surface area contributed by atoms with Gasteiger partial charge in [0.05, 0.1) is 10.9 Å². The van der Waals surface area contributed by atoms with E-state index >= 15 is 0 Å². The Morgan fingerprint density at radius 3 is 2.08 bits per heavy atom. The molecule has 1 fully saturated rings. The van der Waals surface area contributed by atoms with Crippen molar-refractivity contribution in [2.75, 3.05) is 0 Å². The Kier molecular flexibility index (Phi) is 6.63. The highest BCUT2D eigenvalue weighted by atomic mass is 32.2. The van der Waals surface area contributed by atoms with Crippen molar-refractivity contribution in [3.63, 3.8) is 0 Å². The van der Waals surface area contributed by atoms with Gasteiger partial charge in [0.15, 0.2) is 0 Å². The zero-order chi connectivity index (χ0) is 18.6. The van der Waals surface area contributed by atoms with Gasteiger partial charge in [0.1, 0.15) is 0 Å². The van der Waals surface area contributed by atoms with Crippen molar-refractivity contribution in [3.8, 4) is 0 Å². The second-order valence-electron chi connectivity index (χ2n) is 7.27. The molecule has 5 nitrogen and oxygen atoms in total. The van der Waals surface area contributed by atoms with Crippen LogP contribution in [0.25, 0.3) is 0 Å². The molecule has 1 saturated carbocycles. The van der Waals surface area contributed by atoms with Crippen molar-refractivity contribution in [2.24, 2.45) is 0 Å². The Labute approximate surface area is 151 Å². The van der Waals surface area contributed by atoms with Gasteiger partial charge in [-0.15, -0.1) is 0 Å². The third kappa shape index (κ3) is 5.28. The fourth-order valence-electron chi connectivity index (χ4n) is 3.69. The fourth-order valence-corrected chi connectivity index (χ4v) is 5.34. The van der Waals surface area contributed by atoms with Crippen molar-refractivity contribution < 1.29 is 13.2 Å². The van der Waals surface area contributed by atoms with Gasteiger partial charge in [-0.3, -0.25) is 4.79 Å². The van der Waals surface area contributed by atoms with Crippen LogP contribution in [0.15, 0.2) is 17.0 Å². The molecule has 0 spiro atoms. The standard InChI is InChI=1S/C19H30N2O3S/c1-13-11-14(2)18(15(3)12-13)25(23,24)21-16(4)19(22)20-17-9-7-5-6-8-10-17/h11-12,16-17,21H,5-10H2,1-4H3,(H,20,22).